The molecule has 0 aromatic heterocycles. The summed E-state index contributed by atoms with van der Waals surface area (Å²) in [5, 5.41) is 2.95. The number of ether oxygens (including phenoxy) is 1. The SMILES string of the molecule is CCOc1ccc(N(CC(=O)N(Cc2cccc(C)c2)C(Cc2ccccc2)C(=O)NC(C)C)S(=O)(=O)c2ccc(F)cc2)cc1. The van der Waals surface area contributed by atoms with Gasteiger partial charge in [0.2, 0.25) is 11.8 Å². The van der Waals surface area contributed by atoms with Crippen LogP contribution in [0.5, 0.6) is 5.75 Å². The van der Waals surface area contributed by atoms with E-state index >= 15 is 0 Å². The predicted octanol–water partition coefficient (Wildman–Crippen LogP) is 5.89. The van der Waals surface area contributed by atoms with Crippen molar-refractivity contribution in [2.45, 2.75) is 57.6 Å². The number of hydrogen-bond acceptors (Lipinski definition) is 5. The summed E-state index contributed by atoms with van der Waals surface area (Å²) >= 11 is 0. The van der Waals surface area contributed by atoms with Crippen molar-refractivity contribution in [2.24, 2.45) is 0 Å². The second kappa shape index (κ2) is 15.5. The molecule has 0 spiro atoms. The van der Waals surface area contributed by atoms with Gasteiger partial charge in [-0.05, 0) is 87.4 Å². The maximum Gasteiger partial charge on any atom is 0.264 e. The second-order valence-corrected chi connectivity index (χ2v) is 13.1. The van der Waals surface area contributed by atoms with Crippen LogP contribution in [0.1, 0.15) is 37.5 Å². The molecule has 1 atom stereocenters. The highest BCUT2D eigenvalue weighted by atomic mass is 32.2. The van der Waals surface area contributed by atoms with Crippen LogP contribution in [-0.2, 0) is 32.6 Å². The van der Waals surface area contributed by atoms with E-state index in [1.807, 2.05) is 82.3 Å². The van der Waals surface area contributed by atoms with Crippen LogP contribution in [0.15, 0.2) is 108 Å². The zero-order chi connectivity index (χ0) is 33.3. The number of anilines is 1. The maximum atomic E-state index is 14.5. The predicted molar refractivity (Wildman–Crippen MR) is 177 cm³/mol. The Morgan fingerprint density at radius 3 is 2.13 bits per heavy atom. The number of amides is 2. The van der Waals surface area contributed by atoms with Crippen molar-refractivity contribution in [3.8, 4) is 5.75 Å². The van der Waals surface area contributed by atoms with Gasteiger partial charge >= 0.3 is 0 Å². The minimum Gasteiger partial charge on any atom is -0.494 e. The highest BCUT2D eigenvalue weighted by Crippen LogP contribution is 2.27. The van der Waals surface area contributed by atoms with Gasteiger partial charge in [-0.3, -0.25) is 13.9 Å². The average Bonchev–Trinajstić information content (AvgIpc) is 3.02. The lowest BCUT2D eigenvalue weighted by Gasteiger charge is -2.34. The zero-order valence-electron chi connectivity index (χ0n) is 26.5. The zero-order valence-corrected chi connectivity index (χ0v) is 27.3. The van der Waals surface area contributed by atoms with Crippen LogP contribution in [0.25, 0.3) is 0 Å². The Labute approximate surface area is 270 Å². The van der Waals surface area contributed by atoms with Crippen LogP contribution in [0.4, 0.5) is 10.1 Å². The third kappa shape index (κ3) is 8.94. The summed E-state index contributed by atoms with van der Waals surface area (Å²) in [6.45, 7) is 7.33. The van der Waals surface area contributed by atoms with E-state index in [2.05, 4.69) is 5.32 Å². The maximum absolute atomic E-state index is 14.5. The first kappa shape index (κ1) is 34.2. The molecule has 0 saturated carbocycles. The van der Waals surface area contributed by atoms with Gasteiger partial charge in [-0.2, -0.15) is 0 Å². The number of halogens is 1. The van der Waals surface area contributed by atoms with Crippen LogP contribution >= 0.6 is 0 Å². The first-order chi connectivity index (χ1) is 22.0. The van der Waals surface area contributed by atoms with Crippen molar-refractivity contribution >= 4 is 27.5 Å². The van der Waals surface area contributed by atoms with Crippen LogP contribution < -0.4 is 14.4 Å². The summed E-state index contributed by atoms with van der Waals surface area (Å²) in [6, 6.07) is 26.6. The van der Waals surface area contributed by atoms with Crippen molar-refractivity contribution in [3.63, 3.8) is 0 Å². The highest BCUT2D eigenvalue weighted by molar-refractivity contribution is 7.92. The topological polar surface area (TPSA) is 96.0 Å². The average molecular weight is 646 g/mol. The minimum absolute atomic E-state index is 0.0667. The molecule has 0 heterocycles. The Kier molecular flexibility index (Phi) is 11.5. The van der Waals surface area contributed by atoms with E-state index < -0.39 is 34.3 Å². The molecule has 0 radical (unpaired) electrons. The van der Waals surface area contributed by atoms with Gasteiger partial charge in [-0.15, -0.1) is 0 Å². The number of hydrogen-bond donors (Lipinski definition) is 1. The van der Waals surface area contributed by atoms with Gasteiger partial charge < -0.3 is 15.0 Å². The molecular weight excluding hydrogens is 605 g/mol. The van der Waals surface area contributed by atoms with E-state index in [0.717, 1.165) is 45.3 Å². The van der Waals surface area contributed by atoms with E-state index in [1.165, 1.54) is 4.90 Å². The normalized spacial score (nSPS) is 12.0. The number of rotatable bonds is 14. The lowest BCUT2D eigenvalue weighted by Crippen LogP contribution is -2.54. The molecule has 4 aromatic carbocycles. The smallest absolute Gasteiger partial charge is 0.264 e. The van der Waals surface area contributed by atoms with E-state index in [-0.39, 0.29) is 35.5 Å². The van der Waals surface area contributed by atoms with Crippen LogP contribution in [-0.4, -0.2) is 50.4 Å². The highest BCUT2D eigenvalue weighted by Gasteiger charge is 2.35. The van der Waals surface area contributed by atoms with Crippen LogP contribution in [0.2, 0.25) is 0 Å². The summed E-state index contributed by atoms with van der Waals surface area (Å²) in [6.07, 6.45) is 0.213. The third-order valence-corrected chi connectivity index (χ3v) is 9.04. The number of nitrogens with one attached hydrogen (secondary N) is 1. The van der Waals surface area contributed by atoms with E-state index in [1.54, 1.807) is 24.3 Å². The van der Waals surface area contributed by atoms with Crippen LogP contribution in [0, 0.1) is 12.7 Å². The van der Waals surface area contributed by atoms with Crippen LogP contribution in [0.3, 0.4) is 0 Å². The van der Waals surface area contributed by atoms with Gasteiger partial charge in [0.05, 0.1) is 17.2 Å². The van der Waals surface area contributed by atoms with Gasteiger partial charge in [0.1, 0.15) is 24.2 Å². The van der Waals surface area contributed by atoms with Gasteiger partial charge in [0, 0.05) is 19.0 Å². The molecule has 0 fully saturated rings. The molecule has 1 N–H and O–H groups in total. The Balaban J connectivity index is 1.80. The van der Waals surface area contributed by atoms with Gasteiger partial charge in [-0.1, -0.05) is 60.2 Å². The first-order valence-corrected chi connectivity index (χ1v) is 16.6. The van der Waals surface area contributed by atoms with Crippen molar-refractivity contribution < 1.29 is 27.1 Å². The summed E-state index contributed by atoms with van der Waals surface area (Å²) in [4.78, 5) is 29.5. The van der Waals surface area contributed by atoms with Crippen molar-refractivity contribution in [2.75, 3.05) is 17.5 Å². The number of nitrogens with zero attached hydrogens (tertiary/aromatic N) is 2. The number of carbonyl (C=O) groups excluding carboxylic acids is 2. The first-order valence-electron chi connectivity index (χ1n) is 15.2. The minimum atomic E-state index is -4.35. The molecule has 0 aliphatic heterocycles. The number of aryl methyl sites for hydroxylation is 1. The molecule has 242 valence electrons. The molecule has 8 nitrogen and oxygen atoms in total. The molecule has 0 aliphatic carbocycles. The molecule has 46 heavy (non-hydrogen) atoms. The molecule has 1 unspecified atom stereocenters. The quantitative estimate of drug-likeness (QED) is 0.185. The van der Waals surface area contributed by atoms with Gasteiger partial charge in [0.15, 0.2) is 0 Å². The number of benzene rings is 4. The molecular formula is C36H40FN3O5S. The Bertz CT molecular complexity index is 1710. The molecule has 10 heteroatoms. The number of carbonyl (C=O) groups is 2. The molecule has 0 bridgehead atoms. The standard InChI is InChI=1S/C36H40FN3O5S/c1-5-45-32-18-16-31(17-19-32)40(46(43,44)33-20-14-30(37)15-21-33)25-35(41)39(24-29-13-9-10-27(4)22-29)34(36(42)38-26(2)3)23-28-11-7-6-8-12-28/h6-22,26,34H,5,23-25H2,1-4H3,(H,38,42). The van der Waals surface area contributed by atoms with E-state index in [9.17, 15) is 22.4 Å². The lowest BCUT2D eigenvalue weighted by molar-refractivity contribution is -0.140. The summed E-state index contributed by atoms with van der Waals surface area (Å²) in [5.41, 5.74) is 2.82. The summed E-state index contributed by atoms with van der Waals surface area (Å²) in [7, 11) is -4.35. The summed E-state index contributed by atoms with van der Waals surface area (Å²) in [5.74, 6) is -0.993. The Morgan fingerprint density at radius 2 is 1.52 bits per heavy atom. The summed E-state index contributed by atoms with van der Waals surface area (Å²) < 4.78 is 48.5. The van der Waals surface area contributed by atoms with Gasteiger partial charge in [0.25, 0.3) is 10.0 Å². The fraction of sp³-hybridized carbons (Fsp3) is 0.278. The van der Waals surface area contributed by atoms with Crippen molar-refractivity contribution in [3.05, 3.63) is 126 Å². The molecule has 0 aliphatic rings. The third-order valence-electron chi connectivity index (χ3n) is 7.25. The largest absolute Gasteiger partial charge is 0.494 e. The van der Waals surface area contributed by atoms with Gasteiger partial charge in [-0.25, -0.2) is 12.8 Å². The van der Waals surface area contributed by atoms with E-state index in [0.29, 0.717) is 12.4 Å². The van der Waals surface area contributed by atoms with Crippen molar-refractivity contribution in [1.29, 1.82) is 0 Å². The molecule has 4 rings (SSSR count). The fourth-order valence-electron chi connectivity index (χ4n) is 5.08. The molecule has 2 amide bonds. The lowest BCUT2D eigenvalue weighted by atomic mass is 10.0. The molecule has 4 aromatic rings. The second-order valence-electron chi connectivity index (χ2n) is 11.3. The Morgan fingerprint density at radius 1 is 0.870 bits per heavy atom. The fourth-order valence-corrected chi connectivity index (χ4v) is 6.49. The van der Waals surface area contributed by atoms with E-state index in [4.69, 9.17) is 4.74 Å². The monoisotopic (exact) mass is 645 g/mol. The van der Waals surface area contributed by atoms with Crippen molar-refractivity contribution in [1.82, 2.24) is 10.2 Å². The number of sulfonamides is 1. The molecule has 0 saturated heterocycles. The Hall–Kier alpha value is -4.70.